The molecular formula is C12H18BrN3O2. The van der Waals surface area contributed by atoms with Crippen molar-refractivity contribution in [3.8, 4) is 0 Å². The summed E-state index contributed by atoms with van der Waals surface area (Å²) in [4.78, 5) is 14.1. The Morgan fingerprint density at radius 1 is 1.56 bits per heavy atom. The largest absolute Gasteiger partial charge is 0.377 e. The average Bonchev–Trinajstić information content (AvgIpc) is 2.82. The summed E-state index contributed by atoms with van der Waals surface area (Å²) >= 11 is 3.35. The fraction of sp³-hybridized carbons (Fsp3) is 0.667. The highest BCUT2D eigenvalue weighted by atomic mass is 79.9. The first-order valence-corrected chi connectivity index (χ1v) is 7.29. The van der Waals surface area contributed by atoms with Crippen LogP contribution in [-0.2, 0) is 11.8 Å². The highest BCUT2D eigenvalue weighted by Gasteiger charge is 2.25. The molecule has 1 aliphatic heterocycles. The van der Waals surface area contributed by atoms with E-state index in [2.05, 4.69) is 21.0 Å². The Hall–Kier alpha value is -0.880. The first-order valence-electron chi connectivity index (χ1n) is 6.17. The molecule has 0 N–H and O–H groups in total. The maximum atomic E-state index is 12.2. The van der Waals surface area contributed by atoms with Gasteiger partial charge in [-0.15, -0.1) is 0 Å². The van der Waals surface area contributed by atoms with Gasteiger partial charge in [-0.05, 0) is 18.9 Å². The lowest BCUT2D eigenvalue weighted by molar-refractivity contribution is 0.0156. The van der Waals surface area contributed by atoms with Crippen molar-refractivity contribution in [2.45, 2.75) is 18.9 Å². The van der Waals surface area contributed by atoms with E-state index in [-0.39, 0.29) is 12.0 Å². The van der Waals surface area contributed by atoms with E-state index in [0.29, 0.717) is 5.69 Å². The third-order valence-electron chi connectivity index (χ3n) is 3.20. The van der Waals surface area contributed by atoms with E-state index in [4.69, 9.17) is 4.74 Å². The van der Waals surface area contributed by atoms with Gasteiger partial charge in [0.2, 0.25) is 0 Å². The molecule has 1 amide bonds. The van der Waals surface area contributed by atoms with Gasteiger partial charge in [0.05, 0.1) is 12.7 Å². The highest BCUT2D eigenvalue weighted by Crippen LogP contribution is 2.16. The van der Waals surface area contributed by atoms with Crippen LogP contribution in [0.4, 0.5) is 0 Å². The van der Waals surface area contributed by atoms with E-state index in [9.17, 15) is 4.79 Å². The van der Waals surface area contributed by atoms with Crippen molar-refractivity contribution in [1.82, 2.24) is 14.7 Å². The van der Waals surface area contributed by atoms with Gasteiger partial charge in [-0.2, -0.15) is 5.10 Å². The molecule has 1 aliphatic rings. The number of carbonyl (C=O) groups excluding carboxylic acids is 1. The molecule has 2 rings (SSSR count). The average molecular weight is 316 g/mol. The molecule has 0 bridgehead atoms. The number of nitrogens with zero attached hydrogens (tertiary/aromatic N) is 3. The summed E-state index contributed by atoms with van der Waals surface area (Å²) in [5.74, 6) is 0.0638. The van der Waals surface area contributed by atoms with Gasteiger partial charge in [-0.1, -0.05) is 15.9 Å². The molecule has 0 radical (unpaired) electrons. The molecule has 0 aliphatic carbocycles. The zero-order valence-corrected chi connectivity index (χ0v) is 12.1. The molecule has 0 aromatic carbocycles. The number of hydrogen-bond donors (Lipinski definition) is 0. The molecule has 1 aromatic heterocycles. The molecule has 1 fully saturated rings. The number of hydrogen-bond acceptors (Lipinski definition) is 3. The second-order valence-electron chi connectivity index (χ2n) is 4.39. The van der Waals surface area contributed by atoms with Gasteiger partial charge in [0.1, 0.15) is 5.69 Å². The van der Waals surface area contributed by atoms with Gasteiger partial charge in [-0.25, -0.2) is 0 Å². The maximum absolute atomic E-state index is 12.2. The minimum atomic E-state index is 0.0638. The molecule has 5 nitrogen and oxygen atoms in total. The smallest absolute Gasteiger partial charge is 0.272 e. The van der Waals surface area contributed by atoms with Crippen molar-refractivity contribution in [3.63, 3.8) is 0 Å². The molecule has 2 heterocycles. The quantitative estimate of drug-likeness (QED) is 0.790. The van der Waals surface area contributed by atoms with Crippen molar-refractivity contribution in [2.24, 2.45) is 7.05 Å². The van der Waals surface area contributed by atoms with Gasteiger partial charge in [-0.3, -0.25) is 9.48 Å². The third-order valence-corrected chi connectivity index (χ3v) is 3.52. The zero-order valence-electron chi connectivity index (χ0n) is 10.5. The number of likely N-dealkylation sites (tertiary alicyclic amines) is 1. The van der Waals surface area contributed by atoms with E-state index in [1.807, 2.05) is 4.90 Å². The van der Waals surface area contributed by atoms with Gasteiger partial charge < -0.3 is 9.64 Å². The number of aryl methyl sites for hydroxylation is 1. The van der Waals surface area contributed by atoms with Gasteiger partial charge in [0, 0.05) is 31.7 Å². The van der Waals surface area contributed by atoms with Crippen molar-refractivity contribution >= 4 is 21.8 Å². The zero-order chi connectivity index (χ0) is 13.0. The summed E-state index contributed by atoms with van der Waals surface area (Å²) in [5.41, 5.74) is 0.648. The van der Waals surface area contributed by atoms with Crippen LogP contribution in [0.15, 0.2) is 12.3 Å². The molecule has 0 atom stereocenters. The SMILES string of the molecule is Cn1nccc1C(=O)N1CCC(OCCBr)CC1. The van der Waals surface area contributed by atoms with Gasteiger partial charge in [0.15, 0.2) is 0 Å². The van der Waals surface area contributed by atoms with Crippen LogP contribution in [0.1, 0.15) is 23.3 Å². The topological polar surface area (TPSA) is 47.4 Å². The molecular weight excluding hydrogens is 298 g/mol. The van der Waals surface area contributed by atoms with Crippen LogP contribution in [0.5, 0.6) is 0 Å². The first kappa shape index (κ1) is 13.5. The number of halogens is 1. The van der Waals surface area contributed by atoms with E-state index in [1.165, 1.54) is 0 Å². The monoisotopic (exact) mass is 315 g/mol. The maximum Gasteiger partial charge on any atom is 0.272 e. The normalized spacial score (nSPS) is 17.1. The minimum absolute atomic E-state index is 0.0638. The van der Waals surface area contributed by atoms with Crippen LogP contribution in [0.3, 0.4) is 0 Å². The van der Waals surface area contributed by atoms with Crippen LogP contribution >= 0.6 is 15.9 Å². The second kappa shape index (κ2) is 6.33. The second-order valence-corrected chi connectivity index (χ2v) is 5.18. The molecule has 0 unspecified atom stereocenters. The lowest BCUT2D eigenvalue weighted by Crippen LogP contribution is -2.41. The standard InChI is InChI=1S/C12H18BrN3O2/c1-15-11(2-6-14-15)12(17)16-7-3-10(4-8-16)18-9-5-13/h2,6,10H,3-5,7-9H2,1H3. The Kier molecular flexibility index (Phi) is 4.77. The van der Waals surface area contributed by atoms with E-state index >= 15 is 0 Å². The Bertz CT molecular complexity index is 400. The molecule has 18 heavy (non-hydrogen) atoms. The molecule has 1 saturated heterocycles. The summed E-state index contributed by atoms with van der Waals surface area (Å²) < 4.78 is 7.29. The third kappa shape index (κ3) is 3.11. The summed E-state index contributed by atoms with van der Waals surface area (Å²) in [6, 6.07) is 1.76. The minimum Gasteiger partial charge on any atom is -0.377 e. The Morgan fingerprint density at radius 2 is 2.28 bits per heavy atom. The number of amides is 1. The van der Waals surface area contributed by atoms with Crippen molar-refractivity contribution in [3.05, 3.63) is 18.0 Å². The number of carbonyl (C=O) groups is 1. The Morgan fingerprint density at radius 3 is 2.83 bits per heavy atom. The molecule has 0 saturated carbocycles. The molecule has 6 heteroatoms. The number of aromatic nitrogens is 2. The Balaban J connectivity index is 1.86. The lowest BCUT2D eigenvalue weighted by Gasteiger charge is -2.31. The van der Waals surface area contributed by atoms with Crippen molar-refractivity contribution < 1.29 is 9.53 Å². The fourth-order valence-electron chi connectivity index (χ4n) is 2.18. The molecule has 1 aromatic rings. The fourth-order valence-corrected chi connectivity index (χ4v) is 2.37. The predicted octanol–water partition coefficient (Wildman–Crippen LogP) is 1.44. The van der Waals surface area contributed by atoms with Crippen LogP contribution < -0.4 is 0 Å². The van der Waals surface area contributed by atoms with Crippen molar-refractivity contribution in [2.75, 3.05) is 25.0 Å². The number of rotatable bonds is 4. The predicted molar refractivity (Wildman–Crippen MR) is 71.9 cm³/mol. The van der Waals surface area contributed by atoms with Gasteiger partial charge in [0.25, 0.3) is 5.91 Å². The number of piperidine rings is 1. The summed E-state index contributed by atoms with van der Waals surface area (Å²) in [7, 11) is 1.79. The Labute approximate surface area is 115 Å². The first-order chi connectivity index (χ1) is 8.72. The highest BCUT2D eigenvalue weighted by molar-refractivity contribution is 9.09. The molecule has 100 valence electrons. The lowest BCUT2D eigenvalue weighted by atomic mass is 10.1. The molecule has 0 spiro atoms. The van der Waals surface area contributed by atoms with E-state index in [0.717, 1.165) is 37.9 Å². The van der Waals surface area contributed by atoms with Crippen LogP contribution in [-0.4, -0.2) is 51.7 Å². The van der Waals surface area contributed by atoms with Crippen LogP contribution in [0.25, 0.3) is 0 Å². The summed E-state index contributed by atoms with van der Waals surface area (Å²) in [5, 5.41) is 4.89. The van der Waals surface area contributed by atoms with Gasteiger partial charge >= 0.3 is 0 Å². The van der Waals surface area contributed by atoms with E-state index in [1.54, 1.807) is 24.0 Å². The van der Waals surface area contributed by atoms with Crippen molar-refractivity contribution in [1.29, 1.82) is 0 Å². The van der Waals surface area contributed by atoms with Crippen LogP contribution in [0.2, 0.25) is 0 Å². The number of alkyl halides is 1. The van der Waals surface area contributed by atoms with Crippen LogP contribution in [0, 0.1) is 0 Å². The summed E-state index contributed by atoms with van der Waals surface area (Å²) in [6.07, 6.45) is 3.77. The number of ether oxygens (including phenoxy) is 1. The summed E-state index contributed by atoms with van der Waals surface area (Å²) in [6.45, 7) is 2.26. The van der Waals surface area contributed by atoms with E-state index < -0.39 is 0 Å².